The van der Waals surface area contributed by atoms with Crippen LogP contribution in [0.15, 0.2) is 48.9 Å². The van der Waals surface area contributed by atoms with Gasteiger partial charge in [-0.1, -0.05) is 17.7 Å². The average molecular weight is 301 g/mol. The number of halogens is 1. The van der Waals surface area contributed by atoms with E-state index in [1.165, 1.54) is 0 Å². The van der Waals surface area contributed by atoms with Crippen molar-refractivity contribution in [1.82, 2.24) is 9.55 Å². The van der Waals surface area contributed by atoms with Crippen LogP contribution < -0.4 is 4.74 Å². The van der Waals surface area contributed by atoms with Gasteiger partial charge in [0.25, 0.3) is 0 Å². The lowest BCUT2D eigenvalue weighted by molar-refractivity contribution is 0.306. The van der Waals surface area contributed by atoms with Crippen LogP contribution in [0.1, 0.15) is 25.5 Å². The summed E-state index contributed by atoms with van der Waals surface area (Å²) in [5.41, 5.74) is 2.23. The maximum Gasteiger partial charge on any atom is 0.138 e. The lowest BCUT2D eigenvalue weighted by atomic mass is 10.2. The topological polar surface area (TPSA) is 27.1 Å². The Morgan fingerprint density at radius 2 is 2.10 bits per heavy atom. The van der Waals surface area contributed by atoms with Gasteiger partial charge in [0.1, 0.15) is 12.4 Å². The van der Waals surface area contributed by atoms with Crippen LogP contribution in [0, 0.1) is 0 Å². The van der Waals surface area contributed by atoms with Crippen molar-refractivity contribution >= 4 is 22.5 Å². The third kappa shape index (κ3) is 2.74. The standard InChI is InChI=1S/C17H17ClN2O/c1-12(2)20-10-13(11-21-14-5-4-8-19-9-14)17-15(18)6-3-7-16(17)20/h3-10,12H,11H2,1-2H3. The van der Waals surface area contributed by atoms with Gasteiger partial charge in [0.05, 0.1) is 16.7 Å². The van der Waals surface area contributed by atoms with Crippen LogP contribution in [0.4, 0.5) is 0 Å². The highest BCUT2D eigenvalue weighted by Gasteiger charge is 2.13. The predicted molar refractivity (Wildman–Crippen MR) is 85.9 cm³/mol. The molecule has 2 heterocycles. The van der Waals surface area contributed by atoms with E-state index >= 15 is 0 Å². The summed E-state index contributed by atoms with van der Waals surface area (Å²) in [5.74, 6) is 0.759. The summed E-state index contributed by atoms with van der Waals surface area (Å²) in [6.45, 7) is 4.80. The highest BCUT2D eigenvalue weighted by Crippen LogP contribution is 2.31. The van der Waals surface area contributed by atoms with Crippen LogP contribution in [-0.2, 0) is 6.61 Å². The second-order valence-electron chi connectivity index (χ2n) is 5.27. The molecule has 0 unspecified atom stereocenters. The summed E-state index contributed by atoms with van der Waals surface area (Å²) in [4.78, 5) is 4.05. The Morgan fingerprint density at radius 1 is 1.24 bits per heavy atom. The van der Waals surface area contributed by atoms with Crippen molar-refractivity contribution in [1.29, 1.82) is 0 Å². The monoisotopic (exact) mass is 300 g/mol. The summed E-state index contributed by atoms with van der Waals surface area (Å²) in [6, 6.07) is 10.1. The molecule has 0 saturated heterocycles. The molecule has 0 atom stereocenters. The summed E-state index contributed by atoms with van der Waals surface area (Å²) in [5, 5.41) is 1.83. The molecule has 21 heavy (non-hydrogen) atoms. The van der Waals surface area contributed by atoms with Crippen LogP contribution in [0.25, 0.3) is 10.9 Å². The first-order chi connectivity index (χ1) is 10.2. The van der Waals surface area contributed by atoms with Crippen molar-refractivity contribution in [3.8, 4) is 5.75 Å². The van der Waals surface area contributed by atoms with Crippen molar-refractivity contribution in [2.24, 2.45) is 0 Å². The Balaban J connectivity index is 1.98. The average Bonchev–Trinajstić information content (AvgIpc) is 2.87. The van der Waals surface area contributed by atoms with Gasteiger partial charge in [0.15, 0.2) is 0 Å². The zero-order valence-corrected chi connectivity index (χ0v) is 12.8. The van der Waals surface area contributed by atoms with E-state index in [4.69, 9.17) is 16.3 Å². The largest absolute Gasteiger partial charge is 0.487 e. The van der Waals surface area contributed by atoms with Gasteiger partial charge in [-0.2, -0.15) is 0 Å². The maximum atomic E-state index is 6.38. The van der Waals surface area contributed by atoms with Gasteiger partial charge in [0, 0.05) is 29.4 Å². The summed E-state index contributed by atoms with van der Waals surface area (Å²) >= 11 is 6.38. The fourth-order valence-corrected chi connectivity index (χ4v) is 2.77. The fraction of sp³-hybridized carbons (Fsp3) is 0.235. The van der Waals surface area contributed by atoms with Crippen molar-refractivity contribution < 1.29 is 4.74 Å². The molecular formula is C17H17ClN2O. The molecule has 0 aliphatic heterocycles. The van der Waals surface area contributed by atoms with E-state index in [9.17, 15) is 0 Å². The molecule has 0 N–H and O–H groups in total. The molecule has 3 rings (SSSR count). The van der Waals surface area contributed by atoms with Gasteiger partial charge in [-0.3, -0.25) is 4.98 Å². The van der Waals surface area contributed by atoms with E-state index in [2.05, 4.69) is 35.7 Å². The quantitative estimate of drug-likeness (QED) is 0.688. The minimum absolute atomic E-state index is 0.373. The zero-order chi connectivity index (χ0) is 14.8. The third-order valence-corrected chi connectivity index (χ3v) is 3.79. The Morgan fingerprint density at radius 3 is 2.81 bits per heavy atom. The Bertz CT molecular complexity index is 750. The van der Waals surface area contributed by atoms with E-state index in [0.717, 1.165) is 27.2 Å². The first kappa shape index (κ1) is 14.0. The number of pyridine rings is 1. The number of benzene rings is 1. The minimum atomic E-state index is 0.373. The second kappa shape index (κ2) is 5.78. The van der Waals surface area contributed by atoms with E-state index < -0.39 is 0 Å². The van der Waals surface area contributed by atoms with Gasteiger partial charge in [-0.25, -0.2) is 0 Å². The maximum absolute atomic E-state index is 6.38. The van der Waals surface area contributed by atoms with Crippen molar-refractivity contribution in [2.45, 2.75) is 26.5 Å². The summed E-state index contributed by atoms with van der Waals surface area (Å²) < 4.78 is 8.04. The molecule has 0 aliphatic rings. The number of nitrogens with zero attached hydrogens (tertiary/aromatic N) is 2. The van der Waals surface area contributed by atoms with E-state index in [1.807, 2.05) is 24.3 Å². The number of ether oxygens (including phenoxy) is 1. The summed E-state index contributed by atoms with van der Waals surface area (Å²) in [6.07, 6.45) is 5.56. The van der Waals surface area contributed by atoms with Gasteiger partial charge in [-0.05, 0) is 38.1 Å². The van der Waals surface area contributed by atoms with Crippen LogP contribution in [0.3, 0.4) is 0 Å². The molecule has 108 valence electrons. The van der Waals surface area contributed by atoms with Gasteiger partial charge in [0.2, 0.25) is 0 Å². The van der Waals surface area contributed by atoms with E-state index in [-0.39, 0.29) is 0 Å². The summed E-state index contributed by atoms with van der Waals surface area (Å²) in [7, 11) is 0. The lowest BCUT2D eigenvalue weighted by Gasteiger charge is -2.08. The van der Waals surface area contributed by atoms with Gasteiger partial charge < -0.3 is 9.30 Å². The van der Waals surface area contributed by atoms with Crippen molar-refractivity contribution in [3.63, 3.8) is 0 Å². The highest BCUT2D eigenvalue weighted by molar-refractivity contribution is 6.35. The predicted octanol–water partition coefficient (Wildman–Crippen LogP) is 4.85. The smallest absolute Gasteiger partial charge is 0.138 e. The van der Waals surface area contributed by atoms with E-state index in [0.29, 0.717) is 12.6 Å². The molecule has 0 saturated carbocycles. The number of hydrogen-bond acceptors (Lipinski definition) is 2. The molecule has 1 aromatic carbocycles. The first-order valence-corrected chi connectivity index (χ1v) is 7.35. The molecule has 0 bridgehead atoms. The number of hydrogen-bond donors (Lipinski definition) is 0. The van der Waals surface area contributed by atoms with Crippen LogP contribution >= 0.6 is 11.6 Å². The zero-order valence-electron chi connectivity index (χ0n) is 12.1. The van der Waals surface area contributed by atoms with E-state index in [1.54, 1.807) is 12.4 Å². The molecule has 2 aromatic heterocycles. The number of aromatic nitrogens is 2. The Hall–Kier alpha value is -2.00. The van der Waals surface area contributed by atoms with Crippen LogP contribution in [-0.4, -0.2) is 9.55 Å². The molecule has 0 fully saturated rings. The van der Waals surface area contributed by atoms with Gasteiger partial charge >= 0.3 is 0 Å². The Kier molecular flexibility index (Phi) is 3.84. The normalized spacial score (nSPS) is 11.2. The molecule has 4 heteroatoms. The minimum Gasteiger partial charge on any atom is -0.487 e. The molecule has 0 amide bonds. The first-order valence-electron chi connectivity index (χ1n) is 6.97. The Labute approximate surface area is 129 Å². The number of fused-ring (bicyclic) bond motifs is 1. The fourth-order valence-electron chi connectivity index (χ4n) is 2.48. The van der Waals surface area contributed by atoms with Crippen molar-refractivity contribution in [2.75, 3.05) is 0 Å². The molecule has 0 spiro atoms. The van der Waals surface area contributed by atoms with Crippen LogP contribution in [0.5, 0.6) is 5.75 Å². The second-order valence-corrected chi connectivity index (χ2v) is 5.67. The SMILES string of the molecule is CC(C)n1cc(COc2cccnc2)c2c(Cl)cccc21. The molecule has 3 nitrogen and oxygen atoms in total. The molecule has 0 radical (unpaired) electrons. The third-order valence-electron chi connectivity index (χ3n) is 3.47. The highest BCUT2D eigenvalue weighted by atomic mass is 35.5. The number of rotatable bonds is 4. The molecular weight excluding hydrogens is 284 g/mol. The molecule has 0 aliphatic carbocycles. The van der Waals surface area contributed by atoms with Crippen molar-refractivity contribution in [3.05, 3.63) is 59.5 Å². The molecule has 3 aromatic rings. The van der Waals surface area contributed by atoms with Gasteiger partial charge in [-0.15, -0.1) is 0 Å². The van der Waals surface area contributed by atoms with Crippen LogP contribution in [0.2, 0.25) is 5.02 Å². The lowest BCUT2D eigenvalue weighted by Crippen LogP contribution is -1.98.